The molecule has 1 rings (SSSR count). The highest BCUT2D eigenvalue weighted by Gasteiger charge is 2.19. The Labute approximate surface area is 82.2 Å². The highest BCUT2D eigenvalue weighted by Crippen LogP contribution is 2.16. The molecule has 0 spiro atoms. The van der Waals surface area contributed by atoms with E-state index in [4.69, 9.17) is 5.11 Å². The molecule has 1 aromatic rings. The van der Waals surface area contributed by atoms with E-state index in [2.05, 4.69) is 0 Å². The number of hydrogen-bond donors (Lipinski definition) is 1. The lowest BCUT2D eigenvalue weighted by atomic mass is 10.1. The van der Waals surface area contributed by atoms with E-state index < -0.39 is 12.0 Å². The summed E-state index contributed by atoms with van der Waals surface area (Å²) < 4.78 is 1.50. The van der Waals surface area contributed by atoms with Crippen LogP contribution in [-0.4, -0.2) is 21.9 Å². The Kier molecular flexibility index (Phi) is 3.45. The van der Waals surface area contributed by atoms with Gasteiger partial charge in [-0.05, 0) is 18.6 Å². The van der Waals surface area contributed by atoms with Gasteiger partial charge in [0.25, 0.3) is 0 Å². The van der Waals surface area contributed by atoms with Crippen molar-refractivity contribution in [2.45, 2.75) is 25.8 Å². The van der Waals surface area contributed by atoms with E-state index in [0.29, 0.717) is 18.4 Å². The van der Waals surface area contributed by atoms with Crippen molar-refractivity contribution in [1.82, 2.24) is 4.57 Å². The highest BCUT2D eigenvalue weighted by molar-refractivity contribution is 5.76. The van der Waals surface area contributed by atoms with Crippen LogP contribution in [0.4, 0.5) is 0 Å². The standard InChI is InChI=1S/C10H13NO3/c1-2-4-9(10(13)14)11-6-3-5-8(11)7-12/h3,5-7,9H,2,4H2,1H3,(H,13,14)/t9-/m0/s1. The third-order valence-corrected chi connectivity index (χ3v) is 2.12. The van der Waals surface area contributed by atoms with Gasteiger partial charge in [0.2, 0.25) is 0 Å². The number of rotatable bonds is 5. The van der Waals surface area contributed by atoms with Crippen LogP contribution in [0.5, 0.6) is 0 Å². The summed E-state index contributed by atoms with van der Waals surface area (Å²) in [5, 5.41) is 8.96. The van der Waals surface area contributed by atoms with E-state index >= 15 is 0 Å². The monoisotopic (exact) mass is 195 g/mol. The van der Waals surface area contributed by atoms with Crippen LogP contribution in [0.3, 0.4) is 0 Å². The minimum absolute atomic E-state index is 0.408. The van der Waals surface area contributed by atoms with Gasteiger partial charge in [-0.2, -0.15) is 0 Å². The number of carboxylic acid groups (broad SMARTS) is 1. The van der Waals surface area contributed by atoms with Crippen molar-refractivity contribution in [2.75, 3.05) is 0 Å². The summed E-state index contributed by atoms with van der Waals surface area (Å²) in [5.74, 6) is -0.897. The van der Waals surface area contributed by atoms with E-state index in [-0.39, 0.29) is 0 Å². The van der Waals surface area contributed by atoms with Gasteiger partial charge in [-0.3, -0.25) is 4.79 Å². The second kappa shape index (κ2) is 4.60. The Morgan fingerprint density at radius 2 is 2.43 bits per heavy atom. The van der Waals surface area contributed by atoms with Gasteiger partial charge in [-0.15, -0.1) is 0 Å². The Bertz CT molecular complexity index is 330. The Balaban J connectivity index is 2.97. The summed E-state index contributed by atoms with van der Waals surface area (Å²) in [6, 6.07) is 2.66. The fourth-order valence-corrected chi connectivity index (χ4v) is 1.45. The molecule has 0 saturated carbocycles. The second-order valence-corrected chi connectivity index (χ2v) is 3.10. The molecule has 76 valence electrons. The molecule has 4 nitrogen and oxygen atoms in total. The Hall–Kier alpha value is -1.58. The van der Waals surface area contributed by atoms with Crippen molar-refractivity contribution < 1.29 is 14.7 Å². The van der Waals surface area contributed by atoms with Crippen LogP contribution in [0.1, 0.15) is 36.3 Å². The van der Waals surface area contributed by atoms with E-state index in [9.17, 15) is 9.59 Å². The molecular weight excluding hydrogens is 182 g/mol. The van der Waals surface area contributed by atoms with E-state index in [1.165, 1.54) is 4.57 Å². The van der Waals surface area contributed by atoms with Crippen molar-refractivity contribution in [3.8, 4) is 0 Å². The summed E-state index contributed by atoms with van der Waals surface area (Å²) in [7, 11) is 0. The average Bonchev–Trinajstić information content (AvgIpc) is 2.61. The van der Waals surface area contributed by atoms with Crippen LogP contribution in [0, 0.1) is 0 Å². The molecule has 0 radical (unpaired) electrons. The first-order valence-corrected chi connectivity index (χ1v) is 4.55. The van der Waals surface area contributed by atoms with Crippen molar-refractivity contribution in [3.05, 3.63) is 24.0 Å². The summed E-state index contributed by atoms with van der Waals surface area (Å²) >= 11 is 0. The number of aliphatic carboxylic acids is 1. The predicted octanol–water partition coefficient (Wildman–Crippen LogP) is 1.73. The number of nitrogens with zero attached hydrogens (tertiary/aromatic N) is 1. The fraction of sp³-hybridized carbons (Fsp3) is 0.400. The number of hydrogen-bond acceptors (Lipinski definition) is 2. The zero-order chi connectivity index (χ0) is 10.6. The predicted molar refractivity (Wildman–Crippen MR) is 51.4 cm³/mol. The minimum Gasteiger partial charge on any atom is -0.480 e. The van der Waals surface area contributed by atoms with E-state index in [0.717, 1.165) is 6.42 Å². The van der Waals surface area contributed by atoms with Gasteiger partial charge in [0.1, 0.15) is 6.04 Å². The molecule has 4 heteroatoms. The summed E-state index contributed by atoms with van der Waals surface area (Å²) in [6.07, 6.45) is 3.60. The molecule has 0 saturated heterocycles. The van der Waals surface area contributed by atoms with Crippen LogP contribution in [0.25, 0.3) is 0 Å². The van der Waals surface area contributed by atoms with Gasteiger partial charge >= 0.3 is 5.97 Å². The Morgan fingerprint density at radius 1 is 1.71 bits per heavy atom. The van der Waals surface area contributed by atoms with Gasteiger partial charge < -0.3 is 9.67 Å². The number of aromatic nitrogens is 1. The van der Waals surface area contributed by atoms with Gasteiger partial charge in [-0.25, -0.2) is 4.79 Å². The molecule has 1 N–H and O–H groups in total. The molecule has 1 heterocycles. The number of aldehydes is 1. The first-order chi connectivity index (χ1) is 6.70. The van der Waals surface area contributed by atoms with Gasteiger partial charge in [0.05, 0.1) is 5.69 Å². The molecule has 1 aromatic heterocycles. The first-order valence-electron chi connectivity index (χ1n) is 4.55. The highest BCUT2D eigenvalue weighted by atomic mass is 16.4. The first kappa shape index (κ1) is 10.5. The molecule has 0 aliphatic heterocycles. The topological polar surface area (TPSA) is 59.3 Å². The zero-order valence-corrected chi connectivity index (χ0v) is 8.01. The summed E-state index contributed by atoms with van der Waals surface area (Å²) in [5.41, 5.74) is 0.408. The van der Waals surface area contributed by atoms with Crippen molar-refractivity contribution in [2.24, 2.45) is 0 Å². The molecule has 0 aromatic carbocycles. The molecule has 14 heavy (non-hydrogen) atoms. The van der Waals surface area contributed by atoms with E-state index in [1.807, 2.05) is 6.92 Å². The van der Waals surface area contributed by atoms with Crippen molar-refractivity contribution in [3.63, 3.8) is 0 Å². The van der Waals surface area contributed by atoms with E-state index in [1.54, 1.807) is 18.3 Å². The maximum absolute atomic E-state index is 10.9. The Morgan fingerprint density at radius 3 is 2.93 bits per heavy atom. The average molecular weight is 195 g/mol. The van der Waals surface area contributed by atoms with Crippen molar-refractivity contribution >= 4 is 12.3 Å². The lowest BCUT2D eigenvalue weighted by Crippen LogP contribution is -2.19. The van der Waals surface area contributed by atoms with Crippen LogP contribution in [0.15, 0.2) is 18.3 Å². The molecule has 0 fully saturated rings. The lowest BCUT2D eigenvalue weighted by Gasteiger charge is -2.14. The maximum Gasteiger partial charge on any atom is 0.326 e. The molecule has 0 aliphatic rings. The van der Waals surface area contributed by atoms with Gasteiger partial charge in [0, 0.05) is 6.20 Å². The van der Waals surface area contributed by atoms with Crippen LogP contribution >= 0.6 is 0 Å². The number of carboxylic acids is 1. The van der Waals surface area contributed by atoms with Crippen LogP contribution in [-0.2, 0) is 4.79 Å². The third-order valence-electron chi connectivity index (χ3n) is 2.12. The van der Waals surface area contributed by atoms with Gasteiger partial charge in [0.15, 0.2) is 6.29 Å². The second-order valence-electron chi connectivity index (χ2n) is 3.10. The summed E-state index contributed by atoms with van der Waals surface area (Å²) in [4.78, 5) is 21.5. The van der Waals surface area contributed by atoms with Crippen LogP contribution in [0.2, 0.25) is 0 Å². The largest absolute Gasteiger partial charge is 0.480 e. The molecule has 0 bridgehead atoms. The number of carbonyl (C=O) groups is 2. The molecule has 1 atom stereocenters. The SMILES string of the molecule is CCC[C@@H](C(=O)O)n1cccc1C=O. The summed E-state index contributed by atoms with van der Waals surface area (Å²) in [6.45, 7) is 1.92. The van der Waals surface area contributed by atoms with Crippen LogP contribution < -0.4 is 0 Å². The molecule has 0 aliphatic carbocycles. The normalized spacial score (nSPS) is 12.4. The lowest BCUT2D eigenvalue weighted by molar-refractivity contribution is -0.141. The maximum atomic E-state index is 10.9. The third kappa shape index (κ3) is 2.02. The molecular formula is C10H13NO3. The van der Waals surface area contributed by atoms with Crippen molar-refractivity contribution in [1.29, 1.82) is 0 Å². The quantitative estimate of drug-likeness (QED) is 0.728. The zero-order valence-electron chi connectivity index (χ0n) is 8.01. The molecule has 0 unspecified atom stereocenters. The smallest absolute Gasteiger partial charge is 0.326 e. The fourth-order valence-electron chi connectivity index (χ4n) is 1.45. The minimum atomic E-state index is -0.897. The molecule has 0 amide bonds. The number of carbonyl (C=O) groups excluding carboxylic acids is 1. The van der Waals surface area contributed by atoms with Gasteiger partial charge in [-0.1, -0.05) is 13.3 Å².